The lowest BCUT2D eigenvalue weighted by atomic mass is 9.82. The second kappa shape index (κ2) is 9.36. The van der Waals surface area contributed by atoms with E-state index in [1.807, 2.05) is 6.92 Å². The quantitative estimate of drug-likeness (QED) is 0.422. The fourth-order valence-electron chi connectivity index (χ4n) is 5.02. The highest BCUT2D eigenvalue weighted by Gasteiger charge is 2.47. The van der Waals surface area contributed by atoms with Gasteiger partial charge in [0.1, 0.15) is 17.1 Å². The molecular weight excluding hydrogens is 537 g/mol. The van der Waals surface area contributed by atoms with Crippen LogP contribution in [0.3, 0.4) is 0 Å². The van der Waals surface area contributed by atoms with Crippen molar-refractivity contribution in [2.24, 2.45) is 0 Å². The van der Waals surface area contributed by atoms with Gasteiger partial charge < -0.3 is 15.4 Å². The Bertz CT molecular complexity index is 1580. The molecule has 1 aromatic carbocycles. The predicted octanol–water partition coefficient (Wildman–Crippen LogP) is 3.26. The molecule has 1 spiro atoms. The number of alkyl halides is 3. The minimum atomic E-state index is -4.46. The molecule has 3 aromatic rings. The zero-order chi connectivity index (χ0) is 28.2. The van der Waals surface area contributed by atoms with Gasteiger partial charge in [0.15, 0.2) is 18.2 Å². The van der Waals surface area contributed by atoms with Crippen molar-refractivity contribution >= 4 is 27.4 Å². The first-order valence-corrected chi connectivity index (χ1v) is 14.1. The molecule has 2 atom stereocenters. The molecule has 3 N–H and O–H groups in total. The van der Waals surface area contributed by atoms with E-state index in [2.05, 4.69) is 20.7 Å². The maximum Gasteiger partial charge on any atom is 0.422 e. The first-order valence-electron chi connectivity index (χ1n) is 11.9. The number of anilines is 1. The molecule has 1 unspecified atom stereocenters. The van der Waals surface area contributed by atoms with Crippen LogP contribution in [-0.2, 0) is 32.9 Å². The van der Waals surface area contributed by atoms with Crippen LogP contribution in [0.15, 0.2) is 36.5 Å². The number of halogens is 3. The van der Waals surface area contributed by atoms with E-state index in [1.54, 1.807) is 30.5 Å². The molecule has 14 heteroatoms. The number of ether oxygens (including phenoxy) is 1. The highest BCUT2D eigenvalue weighted by atomic mass is 32.2. The van der Waals surface area contributed by atoms with E-state index in [9.17, 15) is 27.0 Å². The standard InChI is InChI=1S/C25H25F3N6O4S/c1-14-3-6-19(30-11-14)34-22(31-20(35)12-39(2,29)37)21-18(33-34)10-24(32-23(21)36)8-7-15-9-16(4-5-17(15)24)38-13-25(26,27)28/h3-6,9,11,29H,7-8,10,12-13H2,1-2H3,(H,31,35)(H,32,36)/t24-,39?/m0/s1. The number of nitrogens with zero attached hydrogens (tertiary/aromatic N) is 3. The van der Waals surface area contributed by atoms with Crippen molar-refractivity contribution in [2.45, 2.75) is 37.9 Å². The van der Waals surface area contributed by atoms with E-state index in [4.69, 9.17) is 9.52 Å². The summed E-state index contributed by atoms with van der Waals surface area (Å²) in [7, 11) is -3.14. The van der Waals surface area contributed by atoms with Gasteiger partial charge in [0.2, 0.25) is 5.91 Å². The SMILES string of the molecule is Cc1ccc(-n2nc3c(c2NC(=O)CS(C)(=N)=O)C(=O)N[C@@]2(CCc4cc(OCC(F)(F)F)ccc42)C3)nc1. The lowest BCUT2D eigenvalue weighted by Crippen LogP contribution is -2.49. The monoisotopic (exact) mass is 562 g/mol. The van der Waals surface area contributed by atoms with E-state index in [-0.39, 0.29) is 23.6 Å². The summed E-state index contributed by atoms with van der Waals surface area (Å²) in [6.07, 6.45) is -0.447. The number of aromatic nitrogens is 3. The van der Waals surface area contributed by atoms with Crippen LogP contribution < -0.4 is 15.4 Å². The fourth-order valence-corrected chi connectivity index (χ4v) is 5.59. The smallest absolute Gasteiger partial charge is 0.422 e. The lowest BCUT2D eigenvalue weighted by Gasteiger charge is -2.35. The summed E-state index contributed by atoms with van der Waals surface area (Å²) in [6.45, 7) is 0.456. The predicted molar refractivity (Wildman–Crippen MR) is 136 cm³/mol. The van der Waals surface area contributed by atoms with Gasteiger partial charge in [-0.1, -0.05) is 12.1 Å². The number of hydrogen-bond donors (Lipinski definition) is 3. The largest absolute Gasteiger partial charge is 0.484 e. The van der Waals surface area contributed by atoms with Gasteiger partial charge in [-0.3, -0.25) is 14.4 Å². The molecule has 1 aliphatic heterocycles. The van der Waals surface area contributed by atoms with E-state index in [0.29, 0.717) is 24.4 Å². The molecule has 3 heterocycles. The summed E-state index contributed by atoms with van der Waals surface area (Å²) in [5.74, 6) is -1.29. The van der Waals surface area contributed by atoms with Gasteiger partial charge in [-0.15, -0.1) is 0 Å². The van der Waals surface area contributed by atoms with Crippen molar-refractivity contribution in [1.82, 2.24) is 20.1 Å². The van der Waals surface area contributed by atoms with Crippen LogP contribution in [0.4, 0.5) is 19.0 Å². The van der Waals surface area contributed by atoms with Crippen molar-refractivity contribution < 1.29 is 31.7 Å². The molecule has 2 amide bonds. The highest BCUT2D eigenvalue weighted by Crippen LogP contribution is 2.44. The number of pyridine rings is 1. The Kier molecular flexibility index (Phi) is 6.40. The van der Waals surface area contributed by atoms with Gasteiger partial charge in [0.05, 0.1) is 21.0 Å². The summed E-state index contributed by atoms with van der Waals surface area (Å²) in [5, 5.41) is 10.3. The summed E-state index contributed by atoms with van der Waals surface area (Å²) in [4.78, 5) is 30.5. The summed E-state index contributed by atoms with van der Waals surface area (Å²) in [6, 6.07) is 8.14. The van der Waals surface area contributed by atoms with E-state index in [1.165, 1.54) is 10.7 Å². The van der Waals surface area contributed by atoms with Crippen LogP contribution in [-0.4, -0.2) is 55.6 Å². The zero-order valence-electron chi connectivity index (χ0n) is 21.0. The van der Waals surface area contributed by atoms with Crippen LogP contribution in [0.25, 0.3) is 5.82 Å². The molecule has 0 bridgehead atoms. The molecule has 10 nitrogen and oxygen atoms in total. The Hall–Kier alpha value is -3.94. The third kappa shape index (κ3) is 5.46. The Morgan fingerprint density at radius 1 is 1.31 bits per heavy atom. The van der Waals surface area contributed by atoms with Gasteiger partial charge in [-0.2, -0.15) is 23.0 Å². The van der Waals surface area contributed by atoms with Crippen LogP contribution >= 0.6 is 0 Å². The first kappa shape index (κ1) is 26.7. The number of carbonyl (C=O) groups is 2. The van der Waals surface area contributed by atoms with E-state index < -0.39 is 45.6 Å². The van der Waals surface area contributed by atoms with Crippen molar-refractivity contribution in [1.29, 1.82) is 4.78 Å². The fraction of sp³-hybridized carbons (Fsp3) is 0.360. The summed E-state index contributed by atoms with van der Waals surface area (Å²) < 4.78 is 63.5. The highest BCUT2D eigenvalue weighted by molar-refractivity contribution is 7.92. The van der Waals surface area contributed by atoms with Gasteiger partial charge in [-0.05, 0) is 54.7 Å². The van der Waals surface area contributed by atoms with Crippen LogP contribution in [0, 0.1) is 11.7 Å². The number of aryl methyl sites for hydroxylation is 2. The summed E-state index contributed by atoms with van der Waals surface area (Å²) >= 11 is 0. The maximum absolute atomic E-state index is 13.5. The third-order valence-corrected chi connectivity index (χ3v) is 7.41. The molecule has 39 heavy (non-hydrogen) atoms. The van der Waals surface area contributed by atoms with Crippen molar-refractivity contribution in [3.05, 3.63) is 64.5 Å². The molecule has 2 aliphatic rings. The third-order valence-electron chi connectivity index (χ3n) is 6.60. The van der Waals surface area contributed by atoms with Crippen LogP contribution in [0.5, 0.6) is 5.75 Å². The molecular formula is C25H25F3N6O4S. The van der Waals surface area contributed by atoms with E-state index >= 15 is 0 Å². The zero-order valence-corrected chi connectivity index (χ0v) is 21.8. The molecule has 0 radical (unpaired) electrons. The number of hydrogen-bond acceptors (Lipinski definition) is 7. The average molecular weight is 563 g/mol. The number of nitrogens with one attached hydrogen (secondary N) is 3. The summed E-state index contributed by atoms with van der Waals surface area (Å²) in [5.41, 5.74) is 2.09. The van der Waals surface area contributed by atoms with Crippen molar-refractivity contribution in [3.63, 3.8) is 0 Å². The maximum atomic E-state index is 13.5. The molecule has 0 saturated heterocycles. The number of carbonyl (C=O) groups excluding carboxylic acids is 2. The molecule has 5 rings (SSSR count). The molecule has 1 aliphatic carbocycles. The molecule has 206 valence electrons. The first-order chi connectivity index (χ1) is 18.2. The normalized spacial score (nSPS) is 19.7. The Labute approximate surface area is 221 Å². The molecule has 0 fully saturated rings. The van der Waals surface area contributed by atoms with Crippen molar-refractivity contribution in [2.75, 3.05) is 23.9 Å². The van der Waals surface area contributed by atoms with Crippen LogP contribution in [0.1, 0.15) is 39.2 Å². The number of amides is 2. The Morgan fingerprint density at radius 3 is 2.74 bits per heavy atom. The second-order valence-corrected chi connectivity index (χ2v) is 12.2. The van der Waals surface area contributed by atoms with Gasteiger partial charge in [0.25, 0.3) is 5.91 Å². The van der Waals surface area contributed by atoms with E-state index in [0.717, 1.165) is 22.9 Å². The number of rotatable bonds is 6. The minimum Gasteiger partial charge on any atom is -0.484 e. The second-order valence-electron chi connectivity index (χ2n) is 9.91. The number of benzene rings is 1. The molecule has 2 aromatic heterocycles. The average Bonchev–Trinajstić information content (AvgIpc) is 3.35. The van der Waals surface area contributed by atoms with Crippen LogP contribution in [0.2, 0.25) is 0 Å². The molecule has 0 saturated carbocycles. The topological polar surface area (TPSA) is 139 Å². The van der Waals surface area contributed by atoms with Gasteiger partial charge in [0, 0.05) is 18.9 Å². The Balaban J connectivity index is 1.52. The van der Waals surface area contributed by atoms with Crippen molar-refractivity contribution in [3.8, 4) is 11.6 Å². The van der Waals surface area contributed by atoms with Gasteiger partial charge in [-0.25, -0.2) is 9.19 Å². The minimum absolute atomic E-state index is 0.0523. The van der Waals surface area contributed by atoms with Gasteiger partial charge >= 0.3 is 6.18 Å². The lowest BCUT2D eigenvalue weighted by molar-refractivity contribution is -0.153. The Morgan fingerprint density at radius 2 is 2.08 bits per heavy atom. The number of fused-ring (bicyclic) bond motifs is 3.